The highest BCUT2D eigenvalue weighted by Gasteiger charge is 2.32. The topological polar surface area (TPSA) is 9.23 Å². The molecule has 0 saturated heterocycles. The zero-order valence-corrected chi connectivity index (χ0v) is 12.0. The summed E-state index contributed by atoms with van der Waals surface area (Å²) in [6.45, 7) is 2.31. The van der Waals surface area contributed by atoms with Crippen LogP contribution in [-0.4, -0.2) is 19.9 Å². The normalized spacial score (nSPS) is 26.7. The minimum Gasteiger partial charge on any atom is -0.497 e. The van der Waals surface area contributed by atoms with Gasteiger partial charge in [0.05, 0.1) is 7.11 Å². The molecule has 0 amide bonds. The van der Waals surface area contributed by atoms with Crippen molar-refractivity contribution in [3.63, 3.8) is 0 Å². The van der Waals surface area contributed by atoms with E-state index in [1.807, 2.05) is 0 Å². The van der Waals surface area contributed by atoms with E-state index in [4.69, 9.17) is 16.5 Å². The molecule has 1 aliphatic heterocycles. The Bertz CT molecular complexity index is 559. The first-order chi connectivity index (χ1) is 8.12. The van der Waals surface area contributed by atoms with Crippen LogP contribution in [0.4, 0.5) is 0 Å². The van der Waals surface area contributed by atoms with Gasteiger partial charge in [0.2, 0.25) is 0 Å². The van der Waals surface area contributed by atoms with Gasteiger partial charge in [0.25, 0.3) is 0 Å². The van der Waals surface area contributed by atoms with Gasteiger partial charge in [-0.05, 0) is 66.7 Å². The molecule has 1 aliphatic carbocycles. The molecule has 3 heteroatoms. The lowest BCUT2D eigenvalue weighted by Gasteiger charge is -2.23. The highest BCUT2D eigenvalue weighted by Crippen LogP contribution is 2.65. The number of hydrogen-bond donors (Lipinski definition) is 0. The number of fused-ring (bicyclic) bond motifs is 2. The third-order valence-corrected chi connectivity index (χ3v) is 7.59. The van der Waals surface area contributed by atoms with E-state index in [1.54, 1.807) is 18.0 Å². The number of benzene rings is 1. The van der Waals surface area contributed by atoms with Gasteiger partial charge in [-0.2, -0.15) is 0 Å². The fourth-order valence-electron chi connectivity index (χ4n) is 3.02. The van der Waals surface area contributed by atoms with E-state index < -0.39 is 6.04 Å². The predicted octanol–water partition coefficient (Wildman–Crippen LogP) is 3.87. The molecule has 0 aromatic heterocycles. The molecular weight excluding hydrogens is 247 g/mol. The minimum atomic E-state index is -1.26. The van der Waals surface area contributed by atoms with Gasteiger partial charge in [0.1, 0.15) is 5.75 Å². The van der Waals surface area contributed by atoms with Crippen molar-refractivity contribution in [1.82, 2.24) is 0 Å². The van der Waals surface area contributed by atoms with E-state index in [0.29, 0.717) is 0 Å². The second-order valence-corrected chi connectivity index (χ2v) is 10.6. The Morgan fingerprint density at radius 1 is 1.24 bits per heavy atom. The van der Waals surface area contributed by atoms with E-state index in [-0.39, 0.29) is 0 Å². The average Bonchev–Trinajstić information content (AvgIpc) is 2.65. The van der Waals surface area contributed by atoms with Gasteiger partial charge in [0.15, 0.2) is 0 Å². The maximum Gasteiger partial charge on any atom is 0.119 e. The summed E-state index contributed by atoms with van der Waals surface area (Å²) < 4.78 is 5.31. The summed E-state index contributed by atoms with van der Waals surface area (Å²) in [6, 6.07) is 5.22. The molecule has 0 spiro atoms. The Kier molecular flexibility index (Phi) is 2.68. The van der Waals surface area contributed by atoms with E-state index in [1.165, 1.54) is 30.1 Å². The van der Waals surface area contributed by atoms with Gasteiger partial charge < -0.3 is 4.74 Å². The maximum absolute atomic E-state index is 5.87. The molecule has 0 saturated carbocycles. The number of rotatable bonds is 1. The second-order valence-electron chi connectivity index (χ2n) is 5.05. The molecule has 1 aromatic carbocycles. The van der Waals surface area contributed by atoms with Crippen LogP contribution in [0.3, 0.4) is 0 Å². The Labute approximate surface area is 108 Å². The highest BCUT2D eigenvalue weighted by atomic mass is 32.4. The van der Waals surface area contributed by atoms with Crippen LogP contribution < -0.4 is 4.74 Å². The number of hydrogen-bond acceptors (Lipinski definition) is 2. The summed E-state index contributed by atoms with van der Waals surface area (Å²) in [5, 5.41) is 1.55. The third-order valence-electron chi connectivity index (χ3n) is 3.91. The summed E-state index contributed by atoms with van der Waals surface area (Å²) in [5.74, 6) is 0.968. The average molecular weight is 264 g/mol. The first-order valence-corrected chi connectivity index (χ1v) is 9.52. The van der Waals surface area contributed by atoms with Crippen LogP contribution in [0.2, 0.25) is 0 Å². The van der Waals surface area contributed by atoms with Crippen LogP contribution in [0.1, 0.15) is 24.0 Å². The van der Waals surface area contributed by atoms with Gasteiger partial charge in [-0.3, -0.25) is 0 Å². The molecule has 17 heavy (non-hydrogen) atoms. The third kappa shape index (κ3) is 1.78. The van der Waals surface area contributed by atoms with Crippen molar-refractivity contribution >= 4 is 23.2 Å². The monoisotopic (exact) mass is 264 g/mol. The lowest BCUT2D eigenvalue weighted by molar-refractivity contribution is 0.414. The van der Waals surface area contributed by atoms with Crippen LogP contribution in [0.5, 0.6) is 5.75 Å². The van der Waals surface area contributed by atoms with E-state index in [9.17, 15) is 0 Å². The summed E-state index contributed by atoms with van der Waals surface area (Å²) >= 11 is 5.87. The maximum atomic E-state index is 5.87. The molecule has 0 radical (unpaired) electrons. The van der Waals surface area contributed by atoms with Crippen molar-refractivity contribution in [2.24, 2.45) is 0 Å². The predicted molar refractivity (Wildman–Crippen MR) is 77.9 cm³/mol. The smallest absolute Gasteiger partial charge is 0.119 e. The molecular formula is C14H17OPS. The molecule has 1 unspecified atom stereocenters. The van der Waals surface area contributed by atoms with Gasteiger partial charge in [0, 0.05) is 0 Å². The van der Waals surface area contributed by atoms with Crippen molar-refractivity contribution in [2.75, 3.05) is 19.9 Å². The molecule has 1 nitrogen and oxygen atoms in total. The number of methoxy groups -OCH3 is 1. The molecule has 2 aliphatic rings. The van der Waals surface area contributed by atoms with E-state index in [2.05, 4.69) is 24.9 Å². The van der Waals surface area contributed by atoms with E-state index in [0.717, 1.165) is 12.2 Å². The molecule has 1 aromatic rings. The Morgan fingerprint density at radius 2 is 2.06 bits per heavy atom. The van der Waals surface area contributed by atoms with Crippen molar-refractivity contribution < 1.29 is 4.74 Å². The van der Waals surface area contributed by atoms with Crippen LogP contribution in [-0.2, 0) is 18.2 Å². The van der Waals surface area contributed by atoms with Crippen LogP contribution in [0, 0.1) is 0 Å². The SMILES string of the molecule is COc1ccc2c(c1)CCC1=C2P(C)(=S)CC1. The standard InChI is InChI=1S/C14H17OPS/c1-15-12-5-6-13-11(9-12)4-3-10-7-8-16(2,17)14(10)13/h5-6,9H,3-4,7-8H2,1-2H3. The fourth-order valence-corrected chi connectivity index (χ4v) is 6.52. The largest absolute Gasteiger partial charge is 0.497 e. The second kappa shape index (κ2) is 3.96. The van der Waals surface area contributed by atoms with Gasteiger partial charge in [-0.15, -0.1) is 0 Å². The quantitative estimate of drug-likeness (QED) is 0.712. The lowest BCUT2D eigenvalue weighted by atomic mass is 9.91. The van der Waals surface area contributed by atoms with Crippen LogP contribution >= 0.6 is 6.04 Å². The highest BCUT2D eigenvalue weighted by molar-refractivity contribution is 8.19. The molecule has 0 fully saturated rings. The molecule has 90 valence electrons. The Balaban J connectivity index is 2.17. The number of aryl methyl sites for hydroxylation is 1. The molecule has 0 bridgehead atoms. The number of allylic oxidation sites excluding steroid dienone is 1. The lowest BCUT2D eigenvalue weighted by Crippen LogP contribution is -2.02. The summed E-state index contributed by atoms with van der Waals surface area (Å²) in [6.07, 6.45) is 4.84. The molecule has 1 heterocycles. The van der Waals surface area contributed by atoms with E-state index >= 15 is 0 Å². The zero-order chi connectivity index (χ0) is 12.0. The summed E-state index contributed by atoms with van der Waals surface area (Å²) in [7, 11) is 1.73. The Morgan fingerprint density at radius 3 is 2.82 bits per heavy atom. The van der Waals surface area contributed by atoms with Gasteiger partial charge >= 0.3 is 0 Å². The van der Waals surface area contributed by atoms with Crippen molar-refractivity contribution in [1.29, 1.82) is 0 Å². The van der Waals surface area contributed by atoms with Crippen molar-refractivity contribution in [3.8, 4) is 5.75 Å². The zero-order valence-electron chi connectivity index (χ0n) is 10.3. The van der Waals surface area contributed by atoms with Crippen molar-refractivity contribution in [2.45, 2.75) is 19.3 Å². The van der Waals surface area contributed by atoms with Crippen molar-refractivity contribution in [3.05, 3.63) is 34.9 Å². The minimum absolute atomic E-state index is 0.968. The summed E-state index contributed by atoms with van der Waals surface area (Å²) in [5.41, 5.74) is 4.50. The van der Waals surface area contributed by atoms with Crippen LogP contribution in [0.15, 0.2) is 23.8 Å². The fraction of sp³-hybridized carbons (Fsp3) is 0.429. The molecule has 3 rings (SSSR count). The first kappa shape index (κ1) is 11.5. The van der Waals surface area contributed by atoms with Gasteiger partial charge in [-0.1, -0.05) is 23.4 Å². The van der Waals surface area contributed by atoms with Crippen LogP contribution in [0.25, 0.3) is 5.31 Å². The van der Waals surface area contributed by atoms with Gasteiger partial charge in [-0.25, -0.2) is 0 Å². The molecule has 0 N–H and O–H groups in total. The molecule has 1 atom stereocenters. The summed E-state index contributed by atoms with van der Waals surface area (Å²) in [4.78, 5) is 0. The first-order valence-electron chi connectivity index (χ1n) is 6.08. The Hall–Kier alpha value is -0.590. The number of ether oxygens (including phenoxy) is 1.